The van der Waals surface area contributed by atoms with Crippen molar-refractivity contribution < 1.29 is 4.79 Å². The lowest BCUT2D eigenvalue weighted by Gasteiger charge is -2.29. The summed E-state index contributed by atoms with van der Waals surface area (Å²) in [5.41, 5.74) is 5.26. The highest BCUT2D eigenvalue weighted by Gasteiger charge is 2.20. The number of carbonyl (C=O) groups excluding carboxylic acids is 1. The molecule has 0 bridgehead atoms. The van der Waals surface area contributed by atoms with Gasteiger partial charge in [0.25, 0.3) is 0 Å². The largest absolute Gasteiger partial charge is 0.352 e. The van der Waals surface area contributed by atoms with Gasteiger partial charge in [0.1, 0.15) is 0 Å². The molecular weight excluding hydrogens is 356 g/mol. The molecule has 3 heteroatoms. The lowest BCUT2D eigenvalue weighted by atomic mass is 9.98. The molecular formula is C26H28N2O. The van der Waals surface area contributed by atoms with E-state index in [0.717, 1.165) is 32.4 Å². The Hall–Kier alpha value is -2.91. The third kappa shape index (κ3) is 5.55. The van der Waals surface area contributed by atoms with Crippen molar-refractivity contribution in [2.24, 2.45) is 0 Å². The van der Waals surface area contributed by atoms with Crippen LogP contribution in [0.15, 0.2) is 84.9 Å². The third-order valence-electron chi connectivity index (χ3n) is 5.59. The second-order valence-electron chi connectivity index (χ2n) is 7.87. The number of rotatable bonds is 7. The standard InChI is InChI=1S/C26H28N2O/c29-26(20-28-16-15-23-13-7-8-14-24(23)19-28)27-25(17-21-9-3-1-4-10-21)18-22-11-5-2-6-12-22/h1-14,25H,15-20H2,(H,27,29). The van der Waals surface area contributed by atoms with Crippen LogP contribution < -0.4 is 5.32 Å². The van der Waals surface area contributed by atoms with Crippen molar-refractivity contribution in [1.29, 1.82) is 0 Å². The zero-order valence-corrected chi connectivity index (χ0v) is 16.8. The number of nitrogens with one attached hydrogen (secondary N) is 1. The second-order valence-corrected chi connectivity index (χ2v) is 7.87. The van der Waals surface area contributed by atoms with E-state index in [2.05, 4.69) is 83.0 Å². The first-order valence-electron chi connectivity index (χ1n) is 10.4. The second kappa shape index (κ2) is 9.53. The van der Waals surface area contributed by atoms with Crippen LogP contribution in [0.1, 0.15) is 22.3 Å². The fraction of sp³-hybridized carbons (Fsp3) is 0.269. The molecule has 3 nitrogen and oxygen atoms in total. The Kier molecular flexibility index (Phi) is 6.38. The smallest absolute Gasteiger partial charge is 0.234 e. The molecule has 0 atom stereocenters. The van der Waals surface area contributed by atoms with E-state index in [4.69, 9.17) is 0 Å². The van der Waals surface area contributed by atoms with Crippen LogP contribution in [-0.4, -0.2) is 29.9 Å². The highest BCUT2D eigenvalue weighted by molar-refractivity contribution is 5.78. The zero-order valence-electron chi connectivity index (χ0n) is 16.8. The van der Waals surface area contributed by atoms with Crippen LogP contribution in [0.5, 0.6) is 0 Å². The highest BCUT2D eigenvalue weighted by atomic mass is 16.2. The quantitative estimate of drug-likeness (QED) is 0.667. The van der Waals surface area contributed by atoms with Gasteiger partial charge in [-0.15, -0.1) is 0 Å². The molecule has 148 valence electrons. The maximum atomic E-state index is 12.9. The summed E-state index contributed by atoms with van der Waals surface area (Å²) in [5, 5.41) is 3.30. The summed E-state index contributed by atoms with van der Waals surface area (Å²) in [5.74, 6) is 0.112. The third-order valence-corrected chi connectivity index (χ3v) is 5.59. The Morgan fingerprint density at radius 1 is 0.793 bits per heavy atom. The number of nitrogens with zero attached hydrogens (tertiary/aromatic N) is 1. The first-order chi connectivity index (χ1) is 14.3. The molecule has 3 aromatic carbocycles. The Morgan fingerprint density at radius 2 is 1.34 bits per heavy atom. The van der Waals surface area contributed by atoms with Gasteiger partial charge in [-0.1, -0.05) is 84.9 Å². The minimum absolute atomic E-state index is 0.0874. The summed E-state index contributed by atoms with van der Waals surface area (Å²) in [4.78, 5) is 15.1. The first kappa shape index (κ1) is 19.4. The van der Waals surface area contributed by atoms with Crippen LogP contribution in [0.3, 0.4) is 0 Å². The Balaban J connectivity index is 1.39. The van der Waals surface area contributed by atoms with E-state index >= 15 is 0 Å². The highest BCUT2D eigenvalue weighted by Crippen LogP contribution is 2.18. The maximum absolute atomic E-state index is 12.9. The number of hydrogen-bond donors (Lipinski definition) is 1. The molecule has 4 rings (SSSR count). The van der Waals surface area contributed by atoms with Gasteiger partial charge in [0.2, 0.25) is 5.91 Å². The normalized spacial score (nSPS) is 13.8. The number of benzene rings is 3. The van der Waals surface area contributed by atoms with Crippen LogP contribution >= 0.6 is 0 Å². The Morgan fingerprint density at radius 3 is 1.97 bits per heavy atom. The number of hydrogen-bond acceptors (Lipinski definition) is 2. The number of amides is 1. The molecule has 0 spiro atoms. The summed E-state index contributed by atoms with van der Waals surface area (Å²) in [7, 11) is 0. The monoisotopic (exact) mass is 384 g/mol. The first-order valence-corrected chi connectivity index (χ1v) is 10.4. The average molecular weight is 385 g/mol. The predicted molar refractivity (Wildman–Crippen MR) is 118 cm³/mol. The molecule has 29 heavy (non-hydrogen) atoms. The molecule has 3 aromatic rings. The fourth-order valence-corrected chi connectivity index (χ4v) is 4.14. The van der Waals surface area contributed by atoms with Gasteiger partial charge in [-0.25, -0.2) is 0 Å². The summed E-state index contributed by atoms with van der Waals surface area (Å²) in [6, 6.07) is 29.4. The molecule has 0 saturated heterocycles. The number of fused-ring (bicyclic) bond motifs is 1. The fourth-order valence-electron chi connectivity index (χ4n) is 4.14. The van der Waals surface area contributed by atoms with Crippen molar-refractivity contribution in [3.05, 3.63) is 107 Å². The van der Waals surface area contributed by atoms with Crippen LogP contribution in [0.2, 0.25) is 0 Å². The van der Waals surface area contributed by atoms with Crippen molar-refractivity contribution >= 4 is 5.91 Å². The van der Waals surface area contributed by atoms with Gasteiger partial charge in [0.15, 0.2) is 0 Å². The lowest BCUT2D eigenvalue weighted by molar-refractivity contribution is -0.123. The van der Waals surface area contributed by atoms with E-state index in [1.165, 1.54) is 22.3 Å². The molecule has 0 unspecified atom stereocenters. The molecule has 0 aliphatic carbocycles. The minimum atomic E-state index is 0.0874. The van der Waals surface area contributed by atoms with Crippen LogP contribution in [0.4, 0.5) is 0 Å². The van der Waals surface area contributed by atoms with E-state index in [1.807, 2.05) is 12.1 Å². The van der Waals surface area contributed by atoms with E-state index in [1.54, 1.807) is 0 Å². The van der Waals surface area contributed by atoms with Gasteiger partial charge in [0, 0.05) is 19.1 Å². The SMILES string of the molecule is O=C(CN1CCc2ccccc2C1)NC(Cc1ccccc1)Cc1ccccc1. The summed E-state index contributed by atoms with van der Waals surface area (Å²) < 4.78 is 0. The van der Waals surface area contributed by atoms with Gasteiger partial charge < -0.3 is 5.32 Å². The maximum Gasteiger partial charge on any atom is 0.234 e. The van der Waals surface area contributed by atoms with Crippen molar-refractivity contribution in [3.8, 4) is 0 Å². The Bertz CT molecular complexity index is 882. The molecule has 0 fully saturated rings. The summed E-state index contributed by atoms with van der Waals surface area (Å²) in [6.07, 6.45) is 2.69. The van der Waals surface area contributed by atoms with Crippen molar-refractivity contribution in [2.75, 3.05) is 13.1 Å². The molecule has 0 saturated carbocycles. The van der Waals surface area contributed by atoms with E-state index in [-0.39, 0.29) is 11.9 Å². The zero-order chi connectivity index (χ0) is 19.9. The molecule has 1 aliphatic rings. The summed E-state index contributed by atoms with van der Waals surface area (Å²) >= 11 is 0. The van der Waals surface area contributed by atoms with Gasteiger partial charge in [-0.05, 0) is 41.5 Å². The van der Waals surface area contributed by atoms with Crippen LogP contribution in [0, 0.1) is 0 Å². The van der Waals surface area contributed by atoms with Crippen molar-refractivity contribution in [2.45, 2.75) is 31.8 Å². The van der Waals surface area contributed by atoms with Gasteiger partial charge in [-0.2, -0.15) is 0 Å². The topological polar surface area (TPSA) is 32.3 Å². The number of carbonyl (C=O) groups is 1. The molecule has 0 radical (unpaired) electrons. The predicted octanol–water partition coefficient (Wildman–Crippen LogP) is 4.01. The van der Waals surface area contributed by atoms with Crippen LogP contribution in [-0.2, 0) is 30.6 Å². The van der Waals surface area contributed by atoms with Crippen molar-refractivity contribution in [3.63, 3.8) is 0 Å². The lowest BCUT2D eigenvalue weighted by Crippen LogP contribution is -2.45. The molecule has 1 N–H and O–H groups in total. The van der Waals surface area contributed by atoms with Crippen molar-refractivity contribution in [1.82, 2.24) is 10.2 Å². The molecule has 1 amide bonds. The summed E-state index contributed by atoms with van der Waals surface area (Å²) in [6.45, 7) is 2.24. The van der Waals surface area contributed by atoms with Gasteiger partial charge >= 0.3 is 0 Å². The molecule has 1 aliphatic heterocycles. The Labute approximate surface area is 173 Å². The average Bonchev–Trinajstić information content (AvgIpc) is 2.75. The van der Waals surface area contributed by atoms with Gasteiger partial charge in [0.05, 0.1) is 6.54 Å². The van der Waals surface area contributed by atoms with E-state index in [9.17, 15) is 4.79 Å². The molecule has 0 aromatic heterocycles. The van der Waals surface area contributed by atoms with E-state index in [0.29, 0.717) is 6.54 Å². The van der Waals surface area contributed by atoms with E-state index < -0.39 is 0 Å². The molecule has 1 heterocycles. The van der Waals surface area contributed by atoms with Crippen LogP contribution in [0.25, 0.3) is 0 Å². The van der Waals surface area contributed by atoms with Gasteiger partial charge in [-0.3, -0.25) is 9.69 Å². The minimum Gasteiger partial charge on any atom is -0.352 e.